The third-order valence-corrected chi connectivity index (χ3v) is 3.96. The van der Waals surface area contributed by atoms with Crippen molar-refractivity contribution in [3.63, 3.8) is 0 Å². The molecule has 3 heterocycles. The number of hydrogen-bond donors (Lipinski definition) is 1. The second kappa shape index (κ2) is 7.45. The second-order valence-corrected chi connectivity index (χ2v) is 6.06. The monoisotopic (exact) mass is 407 g/mol. The zero-order valence-corrected chi connectivity index (χ0v) is 14.7. The molecule has 12 heteroatoms. The Kier molecular flexibility index (Phi) is 4.82. The van der Waals surface area contributed by atoms with E-state index in [0.717, 1.165) is 0 Å². The molecule has 3 aromatic heterocycles. The van der Waals surface area contributed by atoms with Gasteiger partial charge in [0.05, 0.1) is 0 Å². The fourth-order valence-electron chi connectivity index (χ4n) is 2.59. The number of halogens is 4. The van der Waals surface area contributed by atoms with E-state index in [2.05, 4.69) is 30.8 Å². The van der Waals surface area contributed by atoms with E-state index in [0.29, 0.717) is 41.2 Å². The number of benzene rings is 1. The van der Waals surface area contributed by atoms with Crippen LogP contribution in [0.2, 0.25) is 0 Å². The van der Waals surface area contributed by atoms with Crippen molar-refractivity contribution in [1.82, 2.24) is 30.0 Å². The van der Waals surface area contributed by atoms with Crippen LogP contribution in [0.15, 0.2) is 40.9 Å². The molecule has 0 saturated heterocycles. The first-order chi connectivity index (χ1) is 13.9. The van der Waals surface area contributed by atoms with Gasteiger partial charge in [-0.2, -0.15) is 22.7 Å². The lowest BCUT2D eigenvalue weighted by atomic mass is 10.2. The Morgan fingerprint density at radius 1 is 1.03 bits per heavy atom. The standard InChI is InChI=1S/C17H13F4N7O/c18-11-5-3-10(4-6-11)15-23-14(29-27-15)2-1-9-22-12-7-8-13-24-25-16(17(19,20)21)28(13)26-12/h3-8H,1-2,9H2,(H,22,26). The van der Waals surface area contributed by atoms with Crippen molar-refractivity contribution in [2.24, 2.45) is 0 Å². The van der Waals surface area contributed by atoms with E-state index in [-0.39, 0.29) is 17.3 Å². The quantitative estimate of drug-likeness (QED) is 0.387. The molecule has 0 radical (unpaired) electrons. The maximum absolute atomic E-state index is 13.0. The number of nitrogens with one attached hydrogen (secondary N) is 1. The summed E-state index contributed by atoms with van der Waals surface area (Å²) < 4.78 is 57.5. The summed E-state index contributed by atoms with van der Waals surface area (Å²) in [5.74, 6) is -0.542. The summed E-state index contributed by atoms with van der Waals surface area (Å²) in [5.41, 5.74) is 0.633. The lowest BCUT2D eigenvalue weighted by molar-refractivity contribution is -0.146. The van der Waals surface area contributed by atoms with E-state index in [1.165, 1.54) is 24.3 Å². The van der Waals surface area contributed by atoms with Crippen molar-refractivity contribution >= 4 is 11.5 Å². The minimum Gasteiger partial charge on any atom is -0.369 e. The van der Waals surface area contributed by atoms with E-state index in [4.69, 9.17) is 4.52 Å². The topological polar surface area (TPSA) is 94.0 Å². The molecule has 1 N–H and O–H groups in total. The predicted octanol–water partition coefficient (Wildman–Crippen LogP) is 3.38. The van der Waals surface area contributed by atoms with Gasteiger partial charge in [0.2, 0.25) is 11.7 Å². The van der Waals surface area contributed by atoms with Crippen LogP contribution in [0, 0.1) is 5.82 Å². The summed E-state index contributed by atoms with van der Waals surface area (Å²) in [6.07, 6.45) is -3.63. The van der Waals surface area contributed by atoms with Gasteiger partial charge in [-0.25, -0.2) is 4.39 Å². The molecule has 0 atom stereocenters. The van der Waals surface area contributed by atoms with Crippen LogP contribution in [0.4, 0.5) is 23.4 Å². The first-order valence-electron chi connectivity index (χ1n) is 8.52. The lowest BCUT2D eigenvalue weighted by Crippen LogP contribution is -2.14. The molecule has 0 amide bonds. The van der Waals surface area contributed by atoms with Gasteiger partial charge >= 0.3 is 6.18 Å². The minimum absolute atomic E-state index is 0.00191. The first kappa shape index (κ1) is 18.8. The van der Waals surface area contributed by atoms with Crippen molar-refractivity contribution < 1.29 is 22.1 Å². The van der Waals surface area contributed by atoms with Crippen LogP contribution in [0.1, 0.15) is 18.1 Å². The molecule has 0 bridgehead atoms. The van der Waals surface area contributed by atoms with Crippen LogP contribution in [0.5, 0.6) is 0 Å². The third-order valence-electron chi connectivity index (χ3n) is 3.96. The second-order valence-electron chi connectivity index (χ2n) is 6.06. The van der Waals surface area contributed by atoms with Gasteiger partial charge in [-0.05, 0) is 42.8 Å². The van der Waals surface area contributed by atoms with Gasteiger partial charge in [-0.3, -0.25) is 0 Å². The molecule has 0 unspecified atom stereocenters. The number of alkyl halides is 3. The summed E-state index contributed by atoms with van der Waals surface area (Å²) in [6, 6.07) is 8.62. The van der Waals surface area contributed by atoms with Gasteiger partial charge < -0.3 is 9.84 Å². The van der Waals surface area contributed by atoms with Gasteiger partial charge in [0.25, 0.3) is 5.82 Å². The highest BCUT2D eigenvalue weighted by Crippen LogP contribution is 2.27. The van der Waals surface area contributed by atoms with Crippen LogP contribution in [0.3, 0.4) is 0 Å². The van der Waals surface area contributed by atoms with Gasteiger partial charge in [-0.15, -0.1) is 15.3 Å². The Bertz CT molecular complexity index is 1120. The minimum atomic E-state index is -4.65. The zero-order chi connectivity index (χ0) is 20.4. The highest BCUT2D eigenvalue weighted by molar-refractivity contribution is 5.53. The van der Waals surface area contributed by atoms with Crippen molar-refractivity contribution in [2.45, 2.75) is 19.0 Å². The van der Waals surface area contributed by atoms with Gasteiger partial charge in [0, 0.05) is 18.5 Å². The maximum atomic E-state index is 13.0. The van der Waals surface area contributed by atoms with Gasteiger partial charge in [-0.1, -0.05) is 5.16 Å². The molecule has 4 rings (SSSR count). The highest BCUT2D eigenvalue weighted by atomic mass is 19.4. The van der Waals surface area contributed by atoms with Crippen LogP contribution in [0.25, 0.3) is 17.0 Å². The smallest absolute Gasteiger partial charge is 0.369 e. The molecule has 0 aliphatic heterocycles. The third kappa shape index (κ3) is 4.15. The lowest BCUT2D eigenvalue weighted by Gasteiger charge is -2.06. The Labute approximate surface area is 160 Å². The Balaban J connectivity index is 1.34. The fraction of sp³-hybridized carbons (Fsp3) is 0.235. The molecule has 0 spiro atoms. The summed E-state index contributed by atoms with van der Waals surface area (Å²) in [7, 11) is 0. The molecule has 4 aromatic rings. The number of aryl methyl sites for hydroxylation is 1. The first-order valence-corrected chi connectivity index (χ1v) is 8.52. The summed E-state index contributed by atoms with van der Waals surface area (Å²) in [5, 5.41) is 17.2. The SMILES string of the molecule is Fc1ccc(-c2noc(CCCNc3ccc4nnc(C(F)(F)F)n4n3)n2)cc1. The normalized spacial score (nSPS) is 11.9. The number of rotatable bonds is 6. The highest BCUT2D eigenvalue weighted by Gasteiger charge is 2.37. The van der Waals surface area contributed by atoms with E-state index in [9.17, 15) is 17.6 Å². The Morgan fingerprint density at radius 2 is 1.83 bits per heavy atom. The van der Waals surface area contributed by atoms with Crippen LogP contribution < -0.4 is 5.32 Å². The number of anilines is 1. The molecule has 0 aliphatic rings. The summed E-state index contributed by atoms with van der Waals surface area (Å²) in [6.45, 7) is 0.413. The van der Waals surface area contributed by atoms with E-state index < -0.39 is 12.0 Å². The maximum Gasteiger partial charge on any atom is 0.453 e. The van der Waals surface area contributed by atoms with Crippen molar-refractivity contribution in [2.75, 3.05) is 11.9 Å². The molecule has 150 valence electrons. The van der Waals surface area contributed by atoms with Gasteiger partial charge in [0.1, 0.15) is 11.6 Å². The summed E-state index contributed by atoms with van der Waals surface area (Å²) >= 11 is 0. The number of fused-ring (bicyclic) bond motifs is 1. The van der Waals surface area contributed by atoms with E-state index >= 15 is 0 Å². The van der Waals surface area contributed by atoms with Crippen LogP contribution in [-0.2, 0) is 12.6 Å². The van der Waals surface area contributed by atoms with Crippen LogP contribution >= 0.6 is 0 Å². The molecule has 0 saturated carbocycles. The van der Waals surface area contributed by atoms with Crippen molar-refractivity contribution in [3.05, 3.63) is 53.9 Å². The zero-order valence-electron chi connectivity index (χ0n) is 14.7. The summed E-state index contributed by atoms with van der Waals surface area (Å²) in [4.78, 5) is 4.24. The molecule has 0 fully saturated rings. The number of hydrogen-bond acceptors (Lipinski definition) is 7. The Hall–Kier alpha value is -3.57. The predicted molar refractivity (Wildman–Crippen MR) is 92.3 cm³/mol. The fourth-order valence-corrected chi connectivity index (χ4v) is 2.59. The van der Waals surface area contributed by atoms with E-state index in [1.54, 1.807) is 12.1 Å². The molecule has 0 aliphatic carbocycles. The average molecular weight is 407 g/mol. The molecule has 1 aromatic carbocycles. The van der Waals surface area contributed by atoms with E-state index in [1.807, 2.05) is 0 Å². The molecular formula is C17H13F4N7O. The van der Waals surface area contributed by atoms with Gasteiger partial charge in [0.15, 0.2) is 5.65 Å². The van der Waals surface area contributed by atoms with Crippen LogP contribution in [-0.4, -0.2) is 36.5 Å². The van der Waals surface area contributed by atoms with Crippen molar-refractivity contribution in [3.8, 4) is 11.4 Å². The molecule has 29 heavy (non-hydrogen) atoms. The number of aromatic nitrogens is 6. The average Bonchev–Trinajstić information content (AvgIpc) is 3.32. The Morgan fingerprint density at radius 3 is 2.59 bits per heavy atom. The molecular weight excluding hydrogens is 394 g/mol. The largest absolute Gasteiger partial charge is 0.453 e. The number of nitrogens with zero attached hydrogens (tertiary/aromatic N) is 6. The van der Waals surface area contributed by atoms with Crippen molar-refractivity contribution in [1.29, 1.82) is 0 Å². The molecule has 8 nitrogen and oxygen atoms in total.